The summed E-state index contributed by atoms with van der Waals surface area (Å²) in [5, 5.41) is 0. The molecule has 1 N–H and O–H groups in total. The van der Waals surface area contributed by atoms with Gasteiger partial charge in [-0.2, -0.15) is 0 Å². The first-order chi connectivity index (χ1) is 10.9. The van der Waals surface area contributed by atoms with E-state index in [0.29, 0.717) is 5.54 Å². The minimum absolute atomic E-state index is 0.556. The van der Waals surface area contributed by atoms with Crippen molar-refractivity contribution in [3.63, 3.8) is 0 Å². The third kappa shape index (κ3) is 1.74. The van der Waals surface area contributed by atoms with Gasteiger partial charge in [0, 0.05) is 55.2 Å². The number of piperazine rings is 1. The summed E-state index contributed by atoms with van der Waals surface area (Å²) in [6, 6.07) is 11.2. The van der Waals surface area contributed by atoms with E-state index in [4.69, 9.17) is 0 Å². The first-order valence-corrected chi connectivity index (χ1v) is 8.44. The highest BCUT2D eigenvalue weighted by Gasteiger charge is 2.59. The molecule has 22 heavy (non-hydrogen) atoms. The number of benzene rings is 1. The number of imidazole rings is 1. The van der Waals surface area contributed by atoms with Crippen LogP contribution in [0.2, 0.25) is 0 Å². The van der Waals surface area contributed by atoms with Crippen molar-refractivity contribution in [2.24, 2.45) is 0 Å². The monoisotopic (exact) mass is 294 g/mol. The van der Waals surface area contributed by atoms with Gasteiger partial charge in [-0.25, -0.2) is 4.98 Å². The Labute approximate surface area is 131 Å². The van der Waals surface area contributed by atoms with E-state index >= 15 is 0 Å². The van der Waals surface area contributed by atoms with Gasteiger partial charge in [-0.1, -0.05) is 30.3 Å². The zero-order chi connectivity index (χ0) is 14.6. The van der Waals surface area contributed by atoms with Crippen LogP contribution < -0.4 is 0 Å². The van der Waals surface area contributed by atoms with Crippen LogP contribution in [0, 0.1) is 0 Å². The molecule has 1 spiro atoms. The summed E-state index contributed by atoms with van der Waals surface area (Å²) in [4.78, 5) is 13.5. The maximum atomic E-state index is 4.57. The first kappa shape index (κ1) is 12.9. The second-order valence-corrected chi connectivity index (χ2v) is 6.99. The average Bonchev–Trinajstić information content (AvgIpc) is 2.93. The van der Waals surface area contributed by atoms with E-state index < -0.39 is 0 Å². The Kier molecular flexibility index (Phi) is 2.73. The summed E-state index contributed by atoms with van der Waals surface area (Å²) in [6.45, 7) is 4.79. The second kappa shape index (κ2) is 4.67. The Morgan fingerprint density at radius 3 is 2.77 bits per heavy atom. The Bertz CT molecular complexity index is 675. The predicted octanol–water partition coefficient (Wildman–Crippen LogP) is 2.50. The third-order valence-corrected chi connectivity index (χ3v) is 6.06. The van der Waals surface area contributed by atoms with Gasteiger partial charge >= 0.3 is 0 Å². The number of aromatic nitrogens is 2. The van der Waals surface area contributed by atoms with Gasteiger partial charge in [-0.3, -0.25) is 9.80 Å². The van der Waals surface area contributed by atoms with Crippen LogP contribution in [0.15, 0.2) is 36.5 Å². The predicted molar refractivity (Wildman–Crippen MR) is 86.4 cm³/mol. The molecule has 1 aromatic carbocycles. The SMILES string of the molecule is c1ccc(-c2ncc(CN3CCN4CCC45CCC35)[nH]2)cc1. The molecular weight excluding hydrogens is 272 g/mol. The molecule has 3 heterocycles. The zero-order valence-corrected chi connectivity index (χ0v) is 12.8. The molecule has 2 aromatic rings. The lowest BCUT2D eigenvalue weighted by Gasteiger charge is -2.69. The molecule has 0 bridgehead atoms. The molecule has 4 heteroatoms. The van der Waals surface area contributed by atoms with Gasteiger partial charge in [0.15, 0.2) is 0 Å². The van der Waals surface area contributed by atoms with Crippen LogP contribution in [-0.4, -0.2) is 51.0 Å². The highest BCUT2D eigenvalue weighted by molar-refractivity contribution is 5.54. The molecule has 4 nitrogen and oxygen atoms in total. The fraction of sp³-hybridized carbons (Fsp3) is 0.500. The summed E-state index contributed by atoms with van der Waals surface area (Å²) in [5.41, 5.74) is 2.96. The van der Waals surface area contributed by atoms with E-state index in [1.165, 1.54) is 44.6 Å². The Balaban J connectivity index is 1.33. The lowest BCUT2D eigenvalue weighted by atomic mass is 9.61. The van der Waals surface area contributed by atoms with Crippen molar-refractivity contribution in [1.82, 2.24) is 19.8 Å². The van der Waals surface area contributed by atoms with Gasteiger partial charge in [0.05, 0.1) is 0 Å². The van der Waals surface area contributed by atoms with Gasteiger partial charge < -0.3 is 4.98 Å². The molecule has 5 rings (SSSR count). The number of rotatable bonds is 3. The lowest BCUT2D eigenvalue weighted by molar-refractivity contribution is -0.176. The molecule has 1 saturated carbocycles. The minimum Gasteiger partial charge on any atom is -0.341 e. The van der Waals surface area contributed by atoms with Crippen molar-refractivity contribution >= 4 is 0 Å². The molecule has 0 amide bonds. The highest BCUT2D eigenvalue weighted by atomic mass is 15.4. The number of hydrogen-bond acceptors (Lipinski definition) is 3. The van der Waals surface area contributed by atoms with Crippen molar-refractivity contribution in [2.45, 2.75) is 37.4 Å². The van der Waals surface area contributed by atoms with Crippen molar-refractivity contribution in [2.75, 3.05) is 19.6 Å². The lowest BCUT2D eigenvalue weighted by Crippen LogP contribution is -2.79. The highest BCUT2D eigenvalue weighted by Crippen LogP contribution is 2.51. The van der Waals surface area contributed by atoms with Crippen LogP contribution in [0.4, 0.5) is 0 Å². The molecule has 2 unspecified atom stereocenters. The summed E-state index contributed by atoms with van der Waals surface area (Å²) in [7, 11) is 0. The smallest absolute Gasteiger partial charge is 0.137 e. The largest absolute Gasteiger partial charge is 0.341 e. The van der Waals surface area contributed by atoms with Crippen LogP contribution >= 0.6 is 0 Å². The molecule has 2 atom stereocenters. The molecule has 3 fully saturated rings. The number of H-pyrrole nitrogens is 1. The minimum atomic E-state index is 0.556. The van der Waals surface area contributed by atoms with Gasteiger partial charge in [-0.15, -0.1) is 0 Å². The van der Waals surface area contributed by atoms with E-state index in [9.17, 15) is 0 Å². The summed E-state index contributed by atoms with van der Waals surface area (Å²) < 4.78 is 0. The second-order valence-electron chi connectivity index (χ2n) is 6.99. The maximum absolute atomic E-state index is 4.57. The topological polar surface area (TPSA) is 35.2 Å². The molecule has 3 aliphatic rings. The van der Waals surface area contributed by atoms with Crippen molar-refractivity contribution in [3.05, 3.63) is 42.2 Å². The standard InChI is InChI=1S/C18H22N4/c1-2-4-14(5-3-1)17-19-12-15(20-17)13-21-10-11-22-9-8-18(22)7-6-16(18)21/h1-5,12,16H,6-11,13H2,(H,19,20). The van der Waals surface area contributed by atoms with Gasteiger partial charge in [0.2, 0.25) is 0 Å². The molecule has 1 aliphatic carbocycles. The van der Waals surface area contributed by atoms with Gasteiger partial charge in [0.1, 0.15) is 5.82 Å². The fourth-order valence-corrected chi connectivity index (χ4v) is 4.68. The zero-order valence-electron chi connectivity index (χ0n) is 12.8. The van der Waals surface area contributed by atoms with E-state index in [1.807, 2.05) is 12.3 Å². The van der Waals surface area contributed by atoms with Crippen LogP contribution in [0.3, 0.4) is 0 Å². The van der Waals surface area contributed by atoms with Crippen molar-refractivity contribution in [3.8, 4) is 11.4 Å². The van der Waals surface area contributed by atoms with Crippen LogP contribution in [0.25, 0.3) is 11.4 Å². The molecule has 0 radical (unpaired) electrons. The Hall–Kier alpha value is -1.65. The molecular formula is C18H22N4. The number of aromatic amines is 1. The van der Waals surface area contributed by atoms with Crippen molar-refractivity contribution < 1.29 is 0 Å². The van der Waals surface area contributed by atoms with E-state index in [1.54, 1.807) is 0 Å². The van der Waals surface area contributed by atoms with Crippen LogP contribution in [0.5, 0.6) is 0 Å². The fourth-order valence-electron chi connectivity index (χ4n) is 4.68. The third-order valence-electron chi connectivity index (χ3n) is 6.06. The normalized spacial score (nSPS) is 31.0. The summed E-state index contributed by atoms with van der Waals surface area (Å²) in [6.07, 6.45) is 6.20. The quantitative estimate of drug-likeness (QED) is 0.944. The van der Waals surface area contributed by atoms with E-state index in [2.05, 4.69) is 44.0 Å². The Morgan fingerprint density at radius 2 is 2.05 bits per heavy atom. The van der Waals surface area contributed by atoms with E-state index in [-0.39, 0.29) is 0 Å². The maximum Gasteiger partial charge on any atom is 0.137 e. The molecule has 1 aromatic heterocycles. The Morgan fingerprint density at radius 1 is 1.14 bits per heavy atom. The number of nitrogens with zero attached hydrogens (tertiary/aromatic N) is 3. The molecule has 114 valence electrons. The van der Waals surface area contributed by atoms with Gasteiger partial charge in [-0.05, 0) is 19.3 Å². The van der Waals surface area contributed by atoms with Crippen LogP contribution in [-0.2, 0) is 6.54 Å². The molecule has 2 saturated heterocycles. The van der Waals surface area contributed by atoms with E-state index in [0.717, 1.165) is 24.0 Å². The summed E-state index contributed by atoms with van der Waals surface area (Å²) >= 11 is 0. The van der Waals surface area contributed by atoms with Crippen molar-refractivity contribution in [1.29, 1.82) is 0 Å². The van der Waals surface area contributed by atoms with Gasteiger partial charge in [0.25, 0.3) is 0 Å². The van der Waals surface area contributed by atoms with Crippen LogP contribution in [0.1, 0.15) is 25.0 Å². The number of hydrogen-bond donors (Lipinski definition) is 1. The average molecular weight is 294 g/mol. The molecule has 2 aliphatic heterocycles. The summed E-state index contributed by atoms with van der Waals surface area (Å²) in [5.74, 6) is 0.987. The number of nitrogens with one attached hydrogen (secondary N) is 1. The first-order valence-electron chi connectivity index (χ1n) is 8.44.